The zero-order valence-corrected chi connectivity index (χ0v) is 8.41. The molecule has 0 heterocycles. The molecule has 15 heavy (non-hydrogen) atoms. The van der Waals surface area contributed by atoms with Gasteiger partial charge in [0.05, 0.1) is 11.7 Å². The molecule has 0 bridgehead atoms. The lowest BCUT2D eigenvalue weighted by Gasteiger charge is -2.14. The van der Waals surface area contributed by atoms with Gasteiger partial charge in [0.2, 0.25) is 0 Å². The summed E-state index contributed by atoms with van der Waals surface area (Å²) in [4.78, 5) is 10.7. The molecule has 0 saturated heterocycles. The molecule has 1 fully saturated rings. The maximum atomic E-state index is 13.4. The fourth-order valence-electron chi connectivity index (χ4n) is 1.92. The van der Waals surface area contributed by atoms with Crippen molar-refractivity contribution in [3.63, 3.8) is 0 Å². The van der Waals surface area contributed by atoms with Gasteiger partial charge >= 0.3 is 0 Å². The van der Waals surface area contributed by atoms with Crippen LogP contribution >= 0.6 is 0 Å². The number of halogens is 1. The first kappa shape index (κ1) is 10.1. The largest absolute Gasteiger partial charge is 0.487 e. The van der Waals surface area contributed by atoms with Crippen molar-refractivity contribution in [1.29, 1.82) is 0 Å². The minimum Gasteiger partial charge on any atom is -0.487 e. The second-order valence-corrected chi connectivity index (χ2v) is 3.80. The van der Waals surface area contributed by atoms with E-state index in [1.54, 1.807) is 6.07 Å². The van der Waals surface area contributed by atoms with Crippen LogP contribution in [0.2, 0.25) is 0 Å². The van der Waals surface area contributed by atoms with Gasteiger partial charge in [-0.3, -0.25) is 4.79 Å². The predicted molar refractivity (Wildman–Crippen MR) is 54.7 cm³/mol. The molecule has 0 atom stereocenters. The van der Waals surface area contributed by atoms with Crippen LogP contribution in [0.1, 0.15) is 36.0 Å². The summed E-state index contributed by atoms with van der Waals surface area (Å²) in [6.45, 7) is 0. The van der Waals surface area contributed by atoms with E-state index in [0.717, 1.165) is 25.7 Å². The monoisotopic (exact) mass is 208 g/mol. The number of hydrogen-bond donors (Lipinski definition) is 0. The van der Waals surface area contributed by atoms with E-state index >= 15 is 0 Å². The molecular formula is C12H13FO2. The first-order valence-corrected chi connectivity index (χ1v) is 5.21. The van der Waals surface area contributed by atoms with Crippen LogP contribution in [0, 0.1) is 5.82 Å². The quantitative estimate of drug-likeness (QED) is 0.714. The highest BCUT2D eigenvalue weighted by Gasteiger charge is 2.19. The highest BCUT2D eigenvalue weighted by molar-refractivity contribution is 5.79. The lowest BCUT2D eigenvalue weighted by molar-refractivity contribution is 0.111. The van der Waals surface area contributed by atoms with Crippen molar-refractivity contribution in [2.45, 2.75) is 31.8 Å². The maximum absolute atomic E-state index is 13.4. The Kier molecular flexibility index (Phi) is 2.99. The van der Waals surface area contributed by atoms with Crippen LogP contribution in [0.25, 0.3) is 0 Å². The van der Waals surface area contributed by atoms with Gasteiger partial charge in [0.25, 0.3) is 0 Å². The Morgan fingerprint density at radius 3 is 2.73 bits per heavy atom. The molecular weight excluding hydrogens is 195 g/mol. The van der Waals surface area contributed by atoms with Gasteiger partial charge in [-0.1, -0.05) is 6.07 Å². The van der Waals surface area contributed by atoms with Gasteiger partial charge in [0, 0.05) is 0 Å². The van der Waals surface area contributed by atoms with Crippen molar-refractivity contribution >= 4 is 6.29 Å². The summed E-state index contributed by atoms with van der Waals surface area (Å²) >= 11 is 0. The summed E-state index contributed by atoms with van der Waals surface area (Å²) in [6.07, 6.45) is 4.85. The van der Waals surface area contributed by atoms with Gasteiger partial charge in [0.1, 0.15) is 0 Å². The SMILES string of the molecule is O=Cc1cccc(F)c1OC1CCCC1. The fraction of sp³-hybridized carbons (Fsp3) is 0.417. The average Bonchev–Trinajstić information content (AvgIpc) is 2.74. The van der Waals surface area contributed by atoms with Crippen molar-refractivity contribution in [3.8, 4) is 5.75 Å². The number of hydrogen-bond acceptors (Lipinski definition) is 2. The summed E-state index contributed by atoms with van der Waals surface area (Å²) in [6, 6.07) is 4.40. The normalized spacial score (nSPS) is 16.6. The summed E-state index contributed by atoms with van der Waals surface area (Å²) in [7, 11) is 0. The molecule has 2 nitrogen and oxygen atoms in total. The van der Waals surface area contributed by atoms with Crippen molar-refractivity contribution in [1.82, 2.24) is 0 Å². The lowest BCUT2D eigenvalue weighted by atomic mass is 10.2. The van der Waals surface area contributed by atoms with E-state index in [0.29, 0.717) is 11.8 Å². The summed E-state index contributed by atoms with van der Waals surface area (Å²) < 4.78 is 18.9. The third-order valence-electron chi connectivity index (χ3n) is 2.71. The predicted octanol–water partition coefficient (Wildman–Crippen LogP) is 2.96. The Balaban J connectivity index is 2.21. The third-order valence-corrected chi connectivity index (χ3v) is 2.71. The molecule has 0 aliphatic heterocycles. The van der Waals surface area contributed by atoms with Crippen LogP contribution < -0.4 is 4.74 Å². The molecule has 0 spiro atoms. The Labute approximate surface area is 88.1 Å². The zero-order valence-electron chi connectivity index (χ0n) is 8.41. The molecule has 0 radical (unpaired) electrons. The van der Waals surface area contributed by atoms with Crippen molar-refractivity contribution in [3.05, 3.63) is 29.6 Å². The molecule has 80 valence electrons. The molecule has 0 unspecified atom stereocenters. The zero-order chi connectivity index (χ0) is 10.7. The maximum Gasteiger partial charge on any atom is 0.165 e. The van der Waals surface area contributed by atoms with Gasteiger partial charge in [-0.15, -0.1) is 0 Å². The lowest BCUT2D eigenvalue weighted by Crippen LogP contribution is -2.13. The van der Waals surface area contributed by atoms with Gasteiger partial charge < -0.3 is 4.74 Å². The highest BCUT2D eigenvalue weighted by atomic mass is 19.1. The van der Waals surface area contributed by atoms with E-state index in [2.05, 4.69) is 0 Å². The third kappa shape index (κ3) is 2.17. The molecule has 0 aromatic heterocycles. The summed E-state index contributed by atoms with van der Waals surface area (Å²) in [5, 5.41) is 0. The highest BCUT2D eigenvalue weighted by Crippen LogP contribution is 2.28. The van der Waals surface area contributed by atoms with E-state index in [1.807, 2.05) is 0 Å². The Morgan fingerprint density at radius 1 is 1.33 bits per heavy atom. The minimum atomic E-state index is -0.452. The standard InChI is InChI=1S/C12H13FO2/c13-11-7-3-4-9(8-14)12(11)15-10-5-1-2-6-10/h3-4,7-8,10H,1-2,5-6H2. The molecule has 2 rings (SSSR count). The van der Waals surface area contributed by atoms with E-state index < -0.39 is 5.82 Å². The number of benzene rings is 1. The van der Waals surface area contributed by atoms with Crippen molar-refractivity contribution < 1.29 is 13.9 Å². The Bertz CT molecular complexity index is 357. The number of ether oxygens (including phenoxy) is 1. The molecule has 3 heteroatoms. The number of carbonyl (C=O) groups is 1. The Morgan fingerprint density at radius 2 is 2.07 bits per heavy atom. The average molecular weight is 208 g/mol. The number of carbonyl (C=O) groups excluding carboxylic acids is 1. The van der Waals surface area contributed by atoms with Crippen LogP contribution in [0.5, 0.6) is 5.75 Å². The van der Waals surface area contributed by atoms with Crippen LogP contribution in [0.15, 0.2) is 18.2 Å². The van der Waals surface area contributed by atoms with Crippen LogP contribution in [0.3, 0.4) is 0 Å². The number of aldehydes is 1. The Hall–Kier alpha value is -1.38. The second kappa shape index (κ2) is 4.43. The molecule has 1 aromatic rings. The topological polar surface area (TPSA) is 26.3 Å². The van der Waals surface area contributed by atoms with Gasteiger partial charge in [-0.2, -0.15) is 0 Å². The van der Waals surface area contributed by atoms with Crippen molar-refractivity contribution in [2.24, 2.45) is 0 Å². The smallest absolute Gasteiger partial charge is 0.165 e. The first-order valence-electron chi connectivity index (χ1n) is 5.21. The molecule has 1 aliphatic carbocycles. The minimum absolute atomic E-state index is 0.0700. The molecule has 0 N–H and O–H groups in total. The number of para-hydroxylation sites is 1. The van der Waals surface area contributed by atoms with Crippen molar-refractivity contribution in [2.75, 3.05) is 0 Å². The molecule has 1 saturated carbocycles. The van der Waals surface area contributed by atoms with Gasteiger partial charge in [-0.25, -0.2) is 4.39 Å². The fourth-order valence-corrected chi connectivity index (χ4v) is 1.92. The van der Waals surface area contributed by atoms with Gasteiger partial charge in [0.15, 0.2) is 17.9 Å². The van der Waals surface area contributed by atoms with Crippen LogP contribution in [-0.2, 0) is 0 Å². The molecule has 1 aromatic carbocycles. The summed E-state index contributed by atoms with van der Waals surface area (Å²) in [5.74, 6) is -0.342. The molecule has 1 aliphatic rings. The van der Waals surface area contributed by atoms with Crippen LogP contribution in [0.4, 0.5) is 4.39 Å². The number of rotatable bonds is 3. The second-order valence-electron chi connectivity index (χ2n) is 3.80. The summed E-state index contributed by atoms with van der Waals surface area (Å²) in [5.41, 5.74) is 0.293. The molecule has 0 amide bonds. The van der Waals surface area contributed by atoms with E-state index in [4.69, 9.17) is 4.74 Å². The van der Waals surface area contributed by atoms with Crippen LogP contribution in [-0.4, -0.2) is 12.4 Å². The van der Waals surface area contributed by atoms with E-state index in [-0.39, 0.29) is 11.9 Å². The van der Waals surface area contributed by atoms with Gasteiger partial charge in [-0.05, 0) is 37.8 Å². The first-order chi connectivity index (χ1) is 7.31. The van der Waals surface area contributed by atoms with E-state index in [1.165, 1.54) is 12.1 Å². The van der Waals surface area contributed by atoms with E-state index in [9.17, 15) is 9.18 Å².